The Morgan fingerprint density at radius 3 is 2.00 bits per heavy atom. The third-order valence-corrected chi connectivity index (χ3v) is 4.82. The van der Waals surface area contributed by atoms with Gasteiger partial charge in [-0.3, -0.25) is 24.1 Å². The zero-order chi connectivity index (χ0) is 20.8. The van der Waals surface area contributed by atoms with Gasteiger partial charge in [-0.05, 0) is 17.7 Å². The quantitative estimate of drug-likeness (QED) is 0.388. The molecule has 2 N–H and O–H groups in total. The molecule has 1 atom stereocenters. The standard InChI is InChI=1S/C21H20ClN3O4/c22-13-18(26)23-10-11-24-19(27)17(12-14-6-2-1-3-7-14)25-20(28)15-8-4-5-9-16(15)21(25)29/h1-9,17H,10-13H2,(H,23,26)(H,24,27). The van der Waals surface area contributed by atoms with Gasteiger partial charge in [0.2, 0.25) is 11.8 Å². The van der Waals surface area contributed by atoms with Crippen LogP contribution >= 0.6 is 11.6 Å². The first-order valence-electron chi connectivity index (χ1n) is 9.14. The van der Waals surface area contributed by atoms with E-state index < -0.39 is 23.8 Å². The Kier molecular flexibility index (Phi) is 6.61. The molecule has 0 aromatic heterocycles. The largest absolute Gasteiger partial charge is 0.353 e. The van der Waals surface area contributed by atoms with E-state index in [9.17, 15) is 19.2 Å². The number of carbonyl (C=O) groups is 4. The molecular formula is C21H20ClN3O4. The molecule has 1 aliphatic heterocycles. The number of hydrogen-bond acceptors (Lipinski definition) is 4. The molecular weight excluding hydrogens is 394 g/mol. The van der Waals surface area contributed by atoms with Crippen molar-refractivity contribution in [1.29, 1.82) is 0 Å². The highest BCUT2D eigenvalue weighted by Crippen LogP contribution is 2.26. The van der Waals surface area contributed by atoms with Gasteiger partial charge in [0.05, 0.1) is 11.1 Å². The van der Waals surface area contributed by atoms with E-state index in [4.69, 9.17) is 11.6 Å². The number of halogens is 1. The Hall–Kier alpha value is -3.19. The lowest BCUT2D eigenvalue weighted by molar-refractivity contribution is -0.125. The second-order valence-corrected chi connectivity index (χ2v) is 6.77. The van der Waals surface area contributed by atoms with Gasteiger partial charge in [-0.25, -0.2) is 0 Å². The molecule has 1 heterocycles. The summed E-state index contributed by atoms with van der Waals surface area (Å²) in [6, 6.07) is 14.7. The molecule has 0 fully saturated rings. The predicted molar refractivity (Wildman–Crippen MR) is 108 cm³/mol. The number of nitrogens with one attached hydrogen (secondary N) is 2. The third-order valence-electron chi connectivity index (χ3n) is 4.58. The van der Waals surface area contributed by atoms with Crippen molar-refractivity contribution < 1.29 is 19.2 Å². The Balaban J connectivity index is 1.78. The fourth-order valence-electron chi connectivity index (χ4n) is 3.18. The summed E-state index contributed by atoms with van der Waals surface area (Å²) in [5.74, 6) is -1.96. The van der Waals surface area contributed by atoms with E-state index in [0.29, 0.717) is 0 Å². The molecule has 7 nitrogen and oxygen atoms in total. The van der Waals surface area contributed by atoms with Crippen molar-refractivity contribution in [1.82, 2.24) is 15.5 Å². The lowest BCUT2D eigenvalue weighted by atomic mass is 10.0. The molecule has 0 bridgehead atoms. The minimum Gasteiger partial charge on any atom is -0.353 e. The highest BCUT2D eigenvalue weighted by Gasteiger charge is 2.42. The van der Waals surface area contributed by atoms with Crippen LogP contribution in [0.2, 0.25) is 0 Å². The molecule has 2 aromatic rings. The van der Waals surface area contributed by atoms with Gasteiger partial charge >= 0.3 is 0 Å². The van der Waals surface area contributed by atoms with Crippen molar-refractivity contribution >= 4 is 35.2 Å². The minimum atomic E-state index is -1.01. The van der Waals surface area contributed by atoms with Gasteiger partial charge < -0.3 is 10.6 Å². The summed E-state index contributed by atoms with van der Waals surface area (Å²) >= 11 is 5.42. The number of hydrogen-bond donors (Lipinski definition) is 2. The molecule has 2 aromatic carbocycles. The van der Waals surface area contributed by atoms with Crippen molar-refractivity contribution in [3.63, 3.8) is 0 Å². The molecule has 4 amide bonds. The maximum atomic E-state index is 12.9. The fraction of sp³-hybridized carbons (Fsp3) is 0.238. The molecule has 1 aliphatic rings. The van der Waals surface area contributed by atoms with Crippen LogP contribution in [0.5, 0.6) is 0 Å². The van der Waals surface area contributed by atoms with Crippen molar-refractivity contribution in [2.75, 3.05) is 19.0 Å². The van der Waals surface area contributed by atoms with E-state index in [0.717, 1.165) is 10.5 Å². The Morgan fingerprint density at radius 2 is 1.41 bits per heavy atom. The summed E-state index contributed by atoms with van der Waals surface area (Å²) in [6.45, 7) is 0.341. The molecule has 29 heavy (non-hydrogen) atoms. The lowest BCUT2D eigenvalue weighted by Gasteiger charge is -2.25. The predicted octanol–water partition coefficient (Wildman–Crippen LogP) is 1.37. The second kappa shape index (κ2) is 9.34. The van der Waals surface area contributed by atoms with Crippen LogP contribution in [0.3, 0.4) is 0 Å². The number of benzene rings is 2. The Morgan fingerprint density at radius 1 is 0.862 bits per heavy atom. The number of rotatable bonds is 8. The normalized spacial score (nSPS) is 13.8. The average molecular weight is 414 g/mol. The van der Waals surface area contributed by atoms with E-state index in [2.05, 4.69) is 10.6 Å². The SMILES string of the molecule is O=C(CCl)NCCNC(=O)C(Cc1ccccc1)N1C(=O)c2ccccc2C1=O. The van der Waals surface area contributed by atoms with Crippen LogP contribution in [0.15, 0.2) is 54.6 Å². The van der Waals surface area contributed by atoms with Crippen molar-refractivity contribution in [3.05, 3.63) is 71.3 Å². The van der Waals surface area contributed by atoms with E-state index in [1.54, 1.807) is 24.3 Å². The van der Waals surface area contributed by atoms with Crippen LogP contribution in [0, 0.1) is 0 Å². The number of imide groups is 1. The summed E-state index contributed by atoms with van der Waals surface area (Å²) in [7, 11) is 0. The Bertz CT molecular complexity index is 898. The van der Waals surface area contributed by atoms with E-state index in [-0.39, 0.29) is 42.4 Å². The van der Waals surface area contributed by atoms with Crippen LogP contribution in [0.25, 0.3) is 0 Å². The van der Waals surface area contributed by atoms with Crippen LogP contribution in [-0.2, 0) is 16.0 Å². The molecule has 0 saturated heterocycles. The summed E-state index contributed by atoms with van der Waals surface area (Å²) in [5.41, 5.74) is 1.40. The number of nitrogens with zero attached hydrogens (tertiary/aromatic N) is 1. The van der Waals surface area contributed by atoms with Crippen LogP contribution in [0.1, 0.15) is 26.3 Å². The van der Waals surface area contributed by atoms with Crippen molar-refractivity contribution in [2.24, 2.45) is 0 Å². The summed E-state index contributed by atoms with van der Waals surface area (Å²) in [5, 5.41) is 5.23. The number of carbonyl (C=O) groups excluding carboxylic acids is 4. The van der Waals surface area contributed by atoms with E-state index in [1.807, 2.05) is 30.3 Å². The van der Waals surface area contributed by atoms with E-state index >= 15 is 0 Å². The molecule has 0 saturated carbocycles. The molecule has 0 aliphatic carbocycles. The third kappa shape index (κ3) is 4.63. The fourth-order valence-corrected chi connectivity index (χ4v) is 3.28. The topological polar surface area (TPSA) is 95.6 Å². The number of amides is 4. The monoisotopic (exact) mass is 413 g/mol. The van der Waals surface area contributed by atoms with Crippen LogP contribution < -0.4 is 10.6 Å². The zero-order valence-electron chi connectivity index (χ0n) is 15.6. The smallest absolute Gasteiger partial charge is 0.262 e. The second-order valence-electron chi connectivity index (χ2n) is 6.51. The van der Waals surface area contributed by atoms with Crippen molar-refractivity contribution in [2.45, 2.75) is 12.5 Å². The molecule has 0 spiro atoms. The molecule has 3 rings (SSSR count). The summed E-state index contributed by atoms with van der Waals surface area (Å²) in [6.07, 6.45) is 0.187. The Labute approximate surface area is 173 Å². The van der Waals surface area contributed by atoms with Gasteiger partial charge in [0, 0.05) is 19.5 Å². The van der Waals surface area contributed by atoms with Crippen LogP contribution in [-0.4, -0.2) is 53.5 Å². The number of alkyl halides is 1. The summed E-state index contributed by atoms with van der Waals surface area (Å²) in [4.78, 5) is 50.8. The van der Waals surface area contributed by atoms with Gasteiger partial charge in [0.25, 0.3) is 11.8 Å². The van der Waals surface area contributed by atoms with E-state index in [1.165, 1.54) is 0 Å². The first-order valence-corrected chi connectivity index (χ1v) is 9.67. The molecule has 0 radical (unpaired) electrons. The average Bonchev–Trinajstić information content (AvgIpc) is 3.00. The minimum absolute atomic E-state index is 0.149. The highest BCUT2D eigenvalue weighted by atomic mass is 35.5. The molecule has 150 valence electrons. The first kappa shape index (κ1) is 20.5. The zero-order valence-corrected chi connectivity index (χ0v) is 16.3. The van der Waals surface area contributed by atoms with Crippen molar-refractivity contribution in [3.8, 4) is 0 Å². The number of fused-ring (bicyclic) bond motifs is 1. The highest BCUT2D eigenvalue weighted by molar-refractivity contribution is 6.27. The van der Waals surface area contributed by atoms with Gasteiger partial charge in [0.1, 0.15) is 11.9 Å². The van der Waals surface area contributed by atoms with Gasteiger partial charge in [-0.1, -0.05) is 42.5 Å². The molecule has 8 heteroatoms. The maximum Gasteiger partial charge on any atom is 0.262 e. The van der Waals surface area contributed by atoms with Gasteiger partial charge in [-0.2, -0.15) is 0 Å². The van der Waals surface area contributed by atoms with Crippen LogP contribution in [0.4, 0.5) is 0 Å². The lowest BCUT2D eigenvalue weighted by Crippen LogP contribution is -2.51. The maximum absolute atomic E-state index is 12.9. The first-order chi connectivity index (χ1) is 14.0. The summed E-state index contributed by atoms with van der Waals surface area (Å²) < 4.78 is 0. The van der Waals surface area contributed by atoms with Gasteiger partial charge in [0.15, 0.2) is 0 Å². The molecule has 1 unspecified atom stereocenters. The van der Waals surface area contributed by atoms with Gasteiger partial charge in [-0.15, -0.1) is 11.6 Å².